The molecule has 0 radical (unpaired) electrons. The molecule has 0 bridgehead atoms. The van der Waals surface area contributed by atoms with E-state index < -0.39 is 35.6 Å². The molecule has 1 aliphatic carbocycles. The van der Waals surface area contributed by atoms with E-state index in [1.807, 2.05) is 0 Å². The Hall–Kier alpha value is -1.98. The highest BCUT2D eigenvalue weighted by molar-refractivity contribution is 5.65. The minimum absolute atomic E-state index is 0.0228. The first kappa shape index (κ1) is 23.7. The summed E-state index contributed by atoms with van der Waals surface area (Å²) in [5, 5.41) is 0. The molecular weight excluding hydrogens is 414 g/mol. The Morgan fingerprint density at radius 2 is 1.52 bits per heavy atom. The van der Waals surface area contributed by atoms with Crippen LogP contribution in [-0.4, -0.2) is 6.18 Å². The van der Waals surface area contributed by atoms with E-state index in [1.165, 1.54) is 25.0 Å². The van der Waals surface area contributed by atoms with Crippen LogP contribution >= 0.6 is 0 Å². The summed E-state index contributed by atoms with van der Waals surface area (Å²) in [6, 6.07) is 6.16. The topological polar surface area (TPSA) is 0 Å². The number of hydrogen-bond acceptors (Lipinski definition) is 0. The molecule has 0 spiro atoms. The van der Waals surface area contributed by atoms with Gasteiger partial charge in [-0.1, -0.05) is 38.8 Å². The summed E-state index contributed by atoms with van der Waals surface area (Å²) in [7, 11) is 0. The van der Waals surface area contributed by atoms with Crippen LogP contribution in [0.5, 0.6) is 0 Å². The lowest BCUT2D eigenvalue weighted by atomic mass is 9.73. The van der Waals surface area contributed by atoms with Crippen LogP contribution in [0.2, 0.25) is 0 Å². The standard InChI is InChI=1S/C25H28F6/c1-3-4-15(2)16-5-7-17(8-6-16)18-9-10-20(22(26)11-18)19-12-23(27)21(24(28)13-19)14-25(29,30)31/h9-13,15-17H,3-8,14H2,1-2H3. The van der Waals surface area contributed by atoms with Crippen molar-refractivity contribution < 1.29 is 26.3 Å². The summed E-state index contributed by atoms with van der Waals surface area (Å²) in [5.41, 5.74) is -0.327. The van der Waals surface area contributed by atoms with Gasteiger partial charge in [-0.2, -0.15) is 13.2 Å². The maximum absolute atomic E-state index is 14.8. The van der Waals surface area contributed by atoms with E-state index in [2.05, 4.69) is 13.8 Å². The molecule has 0 heterocycles. The molecule has 170 valence electrons. The van der Waals surface area contributed by atoms with Crippen LogP contribution in [0.1, 0.15) is 69.4 Å². The van der Waals surface area contributed by atoms with E-state index >= 15 is 0 Å². The Kier molecular flexibility index (Phi) is 7.38. The fraction of sp³-hybridized carbons (Fsp3) is 0.520. The Morgan fingerprint density at radius 3 is 2.03 bits per heavy atom. The third-order valence-corrected chi connectivity index (χ3v) is 6.61. The number of rotatable bonds is 6. The van der Waals surface area contributed by atoms with Gasteiger partial charge in [0.1, 0.15) is 17.5 Å². The zero-order valence-corrected chi connectivity index (χ0v) is 17.8. The molecule has 1 atom stereocenters. The van der Waals surface area contributed by atoms with Crippen LogP contribution in [0, 0.1) is 29.3 Å². The molecule has 0 aliphatic heterocycles. The van der Waals surface area contributed by atoms with Crippen molar-refractivity contribution in [2.75, 3.05) is 0 Å². The van der Waals surface area contributed by atoms with E-state index in [0.717, 1.165) is 43.4 Å². The van der Waals surface area contributed by atoms with Gasteiger partial charge in [-0.3, -0.25) is 0 Å². The summed E-state index contributed by atoms with van der Waals surface area (Å²) >= 11 is 0. The van der Waals surface area contributed by atoms with Crippen LogP contribution in [-0.2, 0) is 6.42 Å². The molecule has 2 aromatic carbocycles. The molecule has 1 saturated carbocycles. The predicted molar refractivity (Wildman–Crippen MR) is 110 cm³/mol. The number of halogens is 6. The summed E-state index contributed by atoms with van der Waals surface area (Å²) in [6.45, 7) is 4.48. The zero-order valence-electron chi connectivity index (χ0n) is 17.8. The second-order valence-electron chi connectivity index (χ2n) is 8.83. The Morgan fingerprint density at radius 1 is 0.903 bits per heavy atom. The maximum atomic E-state index is 14.8. The average Bonchev–Trinajstić information content (AvgIpc) is 2.70. The van der Waals surface area contributed by atoms with Crippen molar-refractivity contribution in [1.29, 1.82) is 0 Å². The first-order chi connectivity index (χ1) is 14.6. The second-order valence-corrected chi connectivity index (χ2v) is 8.83. The molecule has 0 amide bonds. The van der Waals surface area contributed by atoms with Crippen molar-refractivity contribution in [2.45, 2.75) is 70.9 Å². The Labute approximate surface area is 179 Å². The third kappa shape index (κ3) is 5.83. The molecule has 0 aromatic heterocycles. The van der Waals surface area contributed by atoms with Gasteiger partial charge in [-0.05, 0) is 72.8 Å². The molecule has 1 fully saturated rings. The van der Waals surface area contributed by atoms with E-state index in [9.17, 15) is 26.3 Å². The van der Waals surface area contributed by atoms with E-state index in [4.69, 9.17) is 0 Å². The largest absolute Gasteiger partial charge is 0.393 e. The normalized spacial score (nSPS) is 20.6. The van der Waals surface area contributed by atoms with E-state index in [1.54, 1.807) is 6.07 Å². The fourth-order valence-corrected chi connectivity index (χ4v) is 4.86. The highest BCUT2D eigenvalue weighted by Gasteiger charge is 2.31. The SMILES string of the molecule is CCCC(C)C1CCC(c2ccc(-c3cc(F)c(CC(F)(F)F)c(F)c3)c(F)c2)CC1. The number of benzene rings is 2. The van der Waals surface area contributed by atoms with Crippen molar-refractivity contribution in [3.05, 3.63) is 58.9 Å². The lowest BCUT2D eigenvalue weighted by Gasteiger charge is -2.32. The van der Waals surface area contributed by atoms with Crippen LogP contribution in [0.3, 0.4) is 0 Å². The van der Waals surface area contributed by atoms with Gasteiger partial charge in [0.05, 0.1) is 6.42 Å². The van der Waals surface area contributed by atoms with Gasteiger partial charge >= 0.3 is 6.18 Å². The predicted octanol–water partition coefficient (Wildman–Crippen LogP) is 8.59. The summed E-state index contributed by atoms with van der Waals surface area (Å²) in [5.74, 6) is -1.64. The molecule has 0 saturated heterocycles. The summed E-state index contributed by atoms with van der Waals surface area (Å²) in [6.07, 6.45) is 0.118. The van der Waals surface area contributed by atoms with Crippen LogP contribution in [0.25, 0.3) is 11.1 Å². The minimum Gasteiger partial charge on any atom is -0.207 e. The Bertz CT molecular complexity index is 870. The molecule has 31 heavy (non-hydrogen) atoms. The van der Waals surface area contributed by atoms with Crippen LogP contribution < -0.4 is 0 Å². The lowest BCUT2D eigenvalue weighted by Crippen LogP contribution is -2.19. The van der Waals surface area contributed by atoms with Gasteiger partial charge in [0.15, 0.2) is 0 Å². The van der Waals surface area contributed by atoms with Crippen molar-refractivity contribution >= 4 is 0 Å². The van der Waals surface area contributed by atoms with Crippen LogP contribution in [0.15, 0.2) is 30.3 Å². The van der Waals surface area contributed by atoms with E-state index in [-0.39, 0.29) is 17.0 Å². The first-order valence-electron chi connectivity index (χ1n) is 10.9. The van der Waals surface area contributed by atoms with Crippen LogP contribution in [0.4, 0.5) is 26.3 Å². The minimum atomic E-state index is -4.73. The fourth-order valence-electron chi connectivity index (χ4n) is 4.86. The molecule has 1 aliphatic rings. The molecule has 1 unspecified atom stereocenters. The zero-order chi connectivity index (χ0) is 22.8. The monoisotopic (exact) mass is 442 g/mol. The summed E-state index contributed by atoms with van der Waals surface area (Å²) in [4.78, 5) is 0. The number of hydrogen-bond donors (Lipinski definition) is 0. The van der Waals surface area contributed by atoms with Gasteiger partial charge in [0, 0.05) is 11.1 Å². The third-order valence-electron chi connectivity index (χ3n) is 6.61. The molecule has 3 rings (SSSR count). The summed E-state index contributed by atoms with van der Waals surface area (Å²) < 4.78 is 80.6. The molecule has 2 aromatic rings. The van der Waals surface area contributed by atoms with Crippen molar-refractivity contribution in [3.8, 4) is 11.1 Å². The smallest absolute Gasteiger partial charge is 0.207 e. The molecule has 6 heteroatoms. The average molecular weight is 442 g/mol. The Balaban J connectivity index is 1.76. The second kappa shape index (κ2) is 9.66. The molecular formula is C25H28F6. The maximum Gasteiger partial charge on any atom is 0.393 e. The number of alkyl halides is 3. The van der Waals surface area contributed by atoms with Crippen molar-refractivity contribution in [3.63, 3.8) is 0 Å². The van der Waals surface area contributed by atoms with E-state index in [0.29, 0.717) is 11.8 Å². The van der Waals surface area contributed by atoms with Crippen molar-refractivity contribution in [1.82, 2.24) is 0 Å². The lowest BCUT2D eigenvalue weighted by molar-refractivity contribution is -0.128. The van der Waals surface area contributed by atoms with Crippen molar-refractivity contribution in [2.24, 2.45) is 11.8 Å². The van der Waals surface area contributed by atoms with Gasteiger partial charge in [0.2, 0.25) is 0 Å². The molecule has 0 nitrogen and oxygen atoms in total. The van der Waals surface area contributed by atoms with Gasteiger partial charge in [-0.25, -0.2) is 13.2 Å². The quantitative estimate of drug-likeness (QED) is 0.393. The van der Waals surface area contributed by atoms with Gasteiger partial charge in [-0.15, -0.1) is 0 Å². The first-order valence-corrected chi connectivity index (χ1v) is 10.9. The highest BCUT2D eigenvalue weighted by Crippen LogP contribution is 2.41. The van der Waals surface area contributed by atoms with Gasteiger partial charge in [0.25, 0.3) is 0 Å². The highest BCUT2D eigenvalue weighted by atomic mass is 19.4. The molecule has 0 N–H and O–H groups in total. The van der Waals surface area contributed by atoms with Gasteiger partial charge < -0.3 is 0 Å².